The third kappa shape index (κ3) is 4.05. The minimum Gasteiger partial charge on any atom is -0.507 e. The van der Waals surface area contributed by atoms with Gasteiger partial charge in [-0.15, -0.1) is 0 Å². The second-order valence-corrected chi connectivity index (χ2v) is 8.30. The highest BCUT2D eigenvalue weighted by Gasteiger charge is 2.35. The molecule has 24 heavy (non-hydrogen) atoms. The molecule has 0 radical (unpaired) electrons. The van der Waals surface area contributed by atoms with E-state index in [9.17, 15) is 23.1 Å². The first kappa shape index (κ1) is 18.3. The van der Waals surface area contributed by atoms with Crippen LogP contribution in [-0.4, -0.2) is 61.0 Å². The van der Waals surface area contributed by atoms with E-state index in [0.717, 1.165) is 5.56 Å². The quantitative estimate of drug-likeness (QED) is 0.805. The molecule has 0 bridgehead atoms. The van der Waals surface area contributed by atoms with Crippen molar-refractivity contribution in [1.29, 1.82) is 0 Å². The number of aryl methyl sites for hydroxylation is 1. The highest BCUT2D eigenvalue weighted by atomic mass is 32.2. The minimum absolute atomic E-state index is 0.0132. The number of nitrogens with zero attached hydrogens (tertiary/aromatic N) is 1. The van der Waals surface area contributed by atoms with E-state index in [4.69, 9.17) is 4.74 Å². The van der Waals surface area contributed by atoms with Crippen LogP contribution in [0, 0.1) is 6.92 Å². The molecular weight excluding hydrogens is 334 g/mol. The fraction of sp³-hybridized carbons (Fsp3) is 0.500. The molecule has 1 fully saturated rings. The van der Waals surface area contributed by atoms with Gasteiger partial charge in [0.1, 0.15) is 11.3 Å². The highest BCUT2D eigenvalue weighted by molar-refractivity contribution is 7.91. The summed E-state index contributed by atoms with van der Waals surface area (Å²) in [6.07, 6.45) is -0.699. The topological polar surface area (TPSA) is 101 Å². The highest BCUT2D eigenvalue weighted by Crippen LogP contribution is 2.21. The molecule has 0 spiro atoms. The van der Waals surface area contributed by atoms with Gasteiger partial charge in [-0.05, 0) is 32.4 Å². The first-order chi connectivity index (χ1) is 11.1. The average Bonchev–Trinajstić information content (AvgIpc) is 2.88. The third-order valence-electron chi connectivity index (χ3n) is 4.11. The van der Waals surface area contributed by atoms with Crippen molar-refractivity contribution in [3.8, 4) is 5.75 Å². The lowest BCUT2D eigenvalue weighted by atomic mass is 10.1. The lowest BCUT2D eigenvalue weighted by molar-refractivity contribution is -0.140. The fourth-order valence-electron chi connectivity index (χ4n) is 2.64. The Morgan fingerprint density at radius 3 is 2.62 bits per heavy atom. The minimum atomic E-state index is -3.11. The predicted octanol–water partition coefficient (Wildman–Crippen LogP) is 0.891. The number of amides is 1. The van der Waals surface area contributed by atoms with Crippen LogP contribution < -0.4 is 0 Å². The first-order valence-electron chi connectivity index (χ1n) is 7.58. The van der Waals surface area contributed by atoms with E-state index in [0.29, 0.717) is 6.42 Å². The summed E-state index contributed by atoms with van der Waals surface area (Å²) in [6, 6.07) is 4.10. The summed E-state index contributed by atoms with van der Waals surface area (Å²) in [5.41, 5.74) is 0.757. The molecule has 0 unspecified atom stereocenters. The van der Waals surface area contributed by atoms with Gasteiger partial charge in [0, 0.05) is 13.1 Å². The van der Waals surface area contributed by atoms with E-state index >= 15 is 0 Å². The van der Waals surface area contributed by atoms with Gasteiger partial charge in [-0.25, -0.2) is 13.2 Å². The summed E-state index contributed by atoms with van der Waals surface area (Å²) >= 11 is 0. The van der Waals surface area contributed by atoms with Crippen LogP contribution in [0.3, 0.4) is 0 Å². The average molecular weight is 355 g/mol. The summed E-state index contributed by atoms with van der Waals surface area (Å²) in [6.45, 7) is 3.19. The number of esters is 1. The van der Waals surface area contributed by atoms with Gasteiger partial charge in [-0.1, -0.05) is 11.6 Å². The number of benzene rings is 1. The van der Waals surface area contributed by atoms with Crippen LogP contribution in [0.5, 0.6) is 5.75 Å². The van der Waals surface area contributed by atoms with E-state index in [1.165, 1.54) is 31.0 Å². The molecule has 2 atom stereocenters. The molecule has 0 aromatic heterocycles. The SMILES string of the molecule is Cc1ccc(O)c(C(=O)O[C@@H](C)C(=O)N(C)[C@H]2CCS(=O)(=O)C2)c1. The lowest BCUT2D eigenvalue weighted by Crippen LogP contribution is -2.44. The lowest BCUT2D eigenvalue weighted by Gasteiger charge is -2.26. The smallest absolute Gasteiger partial charge is 0.342 e. The van der Waals surface area contributed by atoms with Crippen LogP contribution in [-0.2, 0) is 19.4 Å². The normalized spacial score (nSPS) is 20.4. The van der Waals surface area contributed by atoms with Gasteiger partial charge in [0.05, 0.1) is 11.5 Å². The van der Waals surface area contributed by atoms with Crippen molar-refractivity contribution in [3.05, 3.63) is 29.3 Å². The molecule has 1 aromatic carbocycles. The maximum Gasteiger partial charge on any atom is 0.342 e. The Balaban J connectivity index is 2.03. The number of sulfone groups is 1. The number of carbonyl (C=O) groups is 2. The number of phenolic OH excluding ortho intramolecular Hbond substituents is 1. The molecule has 1 heterocycles. The zero-order valence-electron chi connectivity index (χ0n) is 13.9. The molecule has 132 valence electrons. The maximum atomic E-state index is 12.4. The van der Waals surface area contributed by atoms with Crippen LogP contribution in [0.15, 0.2) is 18.2 Å². The molecule has 8 heteroatoms. The predicted molar refractivity (Wildman–Crippen MR) is 87.6 cm³/mol. The molecule has 1 aromatic rings. The van der Waals surface area contributed by atoms with E-state index in [1.807, 2.05) is 0 Å². The summed E-state index contributed by atoms with van der Waals surface area (Å²) in [7, 11) is -1.61. The van der Waals surface area contributed by atoms with Crippen molar-refractivity contribution in [3.63, 3.8) is 0 Å². The number of phenols is 1. The molecular formula is C16H21NO6S. The van der Waals surface area contributed by atoms with E-state index in [1.54, 1.807) is 13.0 Å². The standard InChI is InChI=1S/C16H21NO6S/c1-10-4-5-14(18)13(8-10)16(20)23-11(2)15(19)17(3)12-6-7-24(21,22)9-12/h4-5,8,11-12,18H,6-7,9H2,1-3H3/t11-,12-/m0/s1. The molecule has 1 aliphatic heterocycles. The molecule has 0 saturated carbocycles. The molecule has 1 amide bonds. The number of hydrogen-bond donors (Lipinski definition) is 1. The largest absolute Gasteiger partial charge is 0.507 e. The molecule has 0 aliphatic carbocycles. The zero-order chi connectivity index (χ0) is 18.1. The number of rotatable bonds is 4. The number of hydrogen-bond acceptors (Lipinski definition) is 6. The summed E-state index contributed by atoms with van der Waals surface area (Å²) in [5, 5.41) is 9.73. The van der Waals surface area contributed by atoms with Gasteiger partial charge in [0.25, 0.3) is 5.91 Å². The number of aromatic hydroxyl groups is 1. The fourth-order valence-corrected chi connectivity index (χ4v) is 4.41. The number of likely N-dealkylation sites (N-methyl/N-ethyl adjacent to an activating group) is 1. The van der Waals surface area contributed by atoms with Crippen LogP contribution in [0.1, 0.15) is 29.3 Å². The van der Waals surface area contributed by atoms with Crippen molar-refractivity contribution in [2.75, 3.05) is 18.6 Å². The Morgan fingerprint density at radius 2 is 2.04 bits per heavy atom. The maximum absolute atomic E-state index is 12.4. The second kappa shape index (κ2) is 6.80. The molecule has 1 N–H and O–H groups in total. The Hall–Kier alpha value is -2.09. The first-order valence-corrected chi connectivity index (χ1v) is 9.40. The van der Waals surface area contributed by atoms with Crippen LogP contribution in [0.25, 0.3) is 0 Å². The van der Waals surface area contributed by atoms with Gasteiger partial charge in [0.15, 0.2) is 15.9 Å². The van der Waals surface area contributed by atoms with Crippen LogP contribution >= 0.6 is 0 Å². The van der Waals surface area contributed by atoms with Gasteiger partial charge < -0.3 is 14.7 Å². The van der Waals surface area contributed by atoms with Crippen LogP contribution in [0.2, 0.25) is 0 Å². The Labute approximate surface area is 141 Å². The Morgan fingerprint density at radius 1 is 1.38 bits per heavy atom. The molecule has 1 aliphatic rings. The van der Waals surface area contributed by atoms with Gasteiger partial charge in [0.2, 0.25) is 0 Å². The van der Waals surface area contributed by atoms with Crippen molar-refractivity contribution < 1.29 is 27.9 Å². The van der Waals surface area contributed by atoms with Crippen molar-refractivity contribution in [1.82, 2.24) is 4.90 Å². The molecule has 2 rings (SSSR count). The van der Waals surface area contributed by atoms with E-state index < -0.39 is 33.9 Å². The van der Waals surface area contributed by atoms with Crippen molar-refractivity contribution in [2.24, 2.45) is 0 Å². The van der Waals surface area contributed by atoms with Crippen molar-refractivity contribution >= 4 is 21.7 Å². The molecule has 1 saturated heterocycles. The molecule has 7 nitrogen and oxygen atoms in total. The van der Waals surface area contributed by atoms with Gasteiger partial charge in [-0.2, -0.15) is 0 Å². The summed E-state index contributed by atoms with van der Waals surface area (Å²) in [5.74, 6) is -1.52. The second-order valence-electron chi connectivity index (χ2n) is 6.07. The summed E-state index contributed by atoms with van der Waals surface area (Å²) in [4.78, 5) is 25.8. The van der Waals surface area contributed by atoms with E-state index in [2.05, 4.69) is 0 Å². The zero-order valence-corrected chi connectivity index (χ0v) is 14.7. The monoisotopic (exact) mass is 355 g/mol. The third-order valence-corrected chi connectivity index (χ3v) is 5.86. The van der Waals surface area contributed by atoms with Gasteiger partial charge in [-0.3, -0.25) is 4.79 Å². The van der Waals surface area contributed by atoms with Crippen molar-refractivity contribution in [2.45, 2.75) is 32.4 Å². The Kier molecular flexibility index (Phi) is 5.17. The van der Waals surface area contributed by atoms with Gasteiger partial charge >= 0.3 is 5.97 Å². The number of carbonyl (C=O) groups excluding carboxylic acids is 2. The van der Waals surface area contributed by atoms with E-state index in [-0.39, 0.29) is 22.8 Å². The Bertz CT molecular complexity index is 758. The number of ether oxygens (including phenoxy) is 1. The summed E-state index contributed by atoms with van der Waals surface area (Å²) < 4.78 is 28.2. The van der Waals surface area contributed by atoms with Crippen LogP contribution in [0.4, 0.5) is 0 Å².